The first kappa shape index (κ1) is 10.2. The molecule has 0 radical (unpaired) electrons. The van der Waals surface area contributed by atoms with Crippen molar-refractivity contribution in [3.05, 3.63) is 36.7 Å². The molecule has 0 saturated heterocycles. The first-order valence-corrected chi connectivity index (χ1v) is 4.28. The SMILES string of the molecule is C=CCCNc1ccc(C(=O)O)nc1. The summed E-state index contributed by atoms with van der Waals surface area (Å²) in [6, 6.07) is 3.16. The number of nitrogens with zero attached hydrogens (tertiary/aromatic N) is 1. The van der Waals surface area contributed by atoms with E-state index >= 15 is 0 Å². The summed E-state index contributed by atoms with van der Waals surface area (Å²) in [4.78, 5) is 14.2. The van der Waals surface area contributed by atoms with Gasteiger partial charge in [0, 0.05) is 6.54 Å². The van der Waals surface area contributed by atoms with Crippen molar-refractivity contribution in [2.24, 2.45) is 0 Å². The van der Waals surface area contributed by atoms with Crippen LogP contribution in [0.2, 0.25) is 0 Å². The number of aromatic carboxylic acids is 1. The standard InChI is InChI=1S/C10H12N2O2/c1-2-3-6-11-8-4-5-9(10(13)14)12-7-8/h2,4-5,7,11H,1,3,6H2,(H,13,14). The monoisotopic (exact) mass is 192 g/mol. The molecule has 4 heteroatoms. The van der Waals surface area contributed by atoms with Crippen molar-refractivity contribution in [3.63, 3.8) is 0 Å². The van der Waals surface area contributed by atoms with Gasteiger partial charge in [-0.2, -0.15) is 0 Å². The lowest BCUT2D eigenvalue weighted by molar-refractivity contribution is 0.0690. The summed E-state index contributed by atoms with van der Waals surface area (Å²) in [6.07, 6.45) is 4.18. The van der Waals surface area contributed by atoms with Crippen LogP contribution < -0.4 is 5.32 Å². The third-order valence-electron chi connectivity index (χ3n) is 1.66. The zero-order valence-corrected chi connectivity index (χ0v) is 7.73. The fourth-order valence-corrected chi connectivity index (χ4v) is 0.944. The van der Waals surface area contributed by atoms with Crippen LogP contribution in [-0.4, -0.2) is 22.6 Å². The number of pyridine rings is 1. The Morgan fingerprint density at radius 1 is 1.64 bits per heavy atom. The summed E-state index contributed by atoms with van der Waals surface area (Å²) in [5.74, 6) is -1.01. The lowest BCUT2D eigenvalue weighted by Crippen LogP contribution is -2.03. The zero-order chi connectivity index (χ0) is 10.4. The summed E-state index contributed by atoms with van der Waals surface area (Å²) in [5, 5.41) is 11.7. The van der Waals surface area contributed by atoms with Crippen LogP contribution in [0.3, 0.4) is 0 Å². The van der Waals surface area contributed by atoms with E-state index in [0.29, 0.717) is 0 Å². The second kappa shape index (κ2) is 5.01. The molecule has 74 valence electrons. The number of hydrogen-bond acceptors (Lipinski definition) is 3. The Kier molecular flexibility index (Phi) is 3.67. The van der Waals surface area contributed by atoms with Crippen molar-refractivity contribution in [2.45, 2.75) is 6.42 Å². The molecule has 0 atom stereocenters. The first-order chi connectivity index (χ1) is 6.74. The average Bonchev–Trinajstić information content (AvgIpc) is 2.19. The smallest absolute Gasteiger partial charge is 0.354 e. The molecule has 14 heavy (non-hydrogen) atoms. The highest BCUT2D eigenvalue weighted by molar-refractivity contribution is 5.85. The number of carbonyl (C=O) groups is 1. The second-order valence-corrected chi connectivity index (χ2v) is 2.74. The van der Waals surface area contributed by atoms with Gasteiger partial charge in [0.25, 0.3) is 0 Å². The van der Waals surface area contributed by atoms with Crippen molar-refractivity contribution in [3.8, 4) is 0 Å². The van der Waals surface area contributed by atoms with Gasteiger partial charge in [-0.05, 0) is 18.6 Å². The molecule has 2 N–H and O–H groups in total. The number of carboxylic acids is 1. The van der Waals surface area contributed by atoms with Gasteiger partial charge in [-0.1, -0.05) is 6.08 Å². The molecule has 1 rings (SSSR count). The Morgan fingerprint density at radius 2 is 2.43 bits per heavy atom. The lowest BCUT2D eigenvalue weighted by Gasteiger charge is -2.03. The van der Waals surface area contributed by atoms with E-state index in [-0.39, 0.29) is 5.69 Å². The minimum absolute atomic E-state index is 0.0549. The summed E-state index contributed by atoms with van der Waals surface area (Å²) in [6.45, 7) is 4.37. The van der Waals surface area contributed by atoms with Crippen molar-refractivity contribution in [1.29, 1.82) is 0 Å². The van der Waals surface area contributed by atoms with Crippen LogP contribution in [0.4, 0.5) is 5.69 Å². The quantitative estimate of drug-likeness (QED) is 0.551. The highest BCUT2D eigenvalue weighted by Gasteiger charge is 2.02. The van der Waals surface area contributed by atoms with E-state index in [4.69, 9.17) is 5.11 Å². The molecule has 1 heterocycles. The van der Waals surface area contributed by atoms with E-state index in [0.717, 1.165) is 18.7 Å². The Morgan fingerprint density at radius 3 is 2.93 bits per heavy atom. The molecule has 0 amide bonds. The maximum atomic E-state index is 10.5. The fraction of sp³-hybridized carbons (Fsp3) is 0.200. The highest BCUT2D eigenvalue weighted by Crippen LogP contribution is 2.05. The van der Waals surface area contributed by atoms with Gasteiger partial charge in [-0.25, -0.2) is 9.78 Å². The lowest BCUT2D eigenvalue weighted by atomic mass is 10.3. The number of anilines is 1. The van der Waals surface area contributed by atoms with Gasteiger partial charge in [0.05, 0.1) is 11.9 Å². The van der Waals surface area contributed by atoms with Crippen LogP contribution in [0, 0.1) is 0 Å². The Hall–Kier alpha value is -1.84. The van der Waals surface area contributed by atoms with E-state index in [1.807, 2.05) is 6.08 Å². The summed E-state index contributed by atoms with van der Waals surface area (Å²) >= 11 is 0. The zero-order valence-electron chi connectivity index (χ0n) is 7.73. The third-order valence-corrected chi connectivity index (χ3v) is 1.66. The molecule has 0 fully saturated rings. The predicted molar refractivity (Wildman–Crippen MR) is 54.5 cm³/mol. The summed E-state index contributed by atoms with van der Waals surface area (Å²) in [5.41, 5.74) is 0.871. The van der Waals surface area contributed by atoms with Crippen LogP contribution in [0.5, 0.6) is 0 Å². The fourth-order valence-electron chi connectivity index (χ4n) is 0.944. The van der Waals surface area contributed by atoms with Crippen molar-refractivity contribution in [2.75, 3.05) is 11.9 Å². The Labute approximate surface area is 82.3 Å². The summed E-state index contributed by atoms with van der Waals surface area (Å²) in [7, 11) is 0. The number of rotatable bonds is 5. The van der Waals surface area contributed by atoms with Gasteiger partial charge in [0.15, 0.2) is 0 Å². The van der Waals surface area contributed by atoms with E-state index in [1.54, 1.807) is 6.07 Å². The molecule has 0 aliphatic rings. The molecule has 4 nitrogen and oxygen atoms in total. The van der Waals surface area contributed by atoms with Crippen molar-refractivity contribution in [1.82, 2.24) is 4.98 Å². The minimum atomic E-state index is -1.01. The molecule has 0 spiro atoms. The first-order valence-electron chi connectivity index (χ1n) is 4.28. The highest BCUT2D eigenvalue weighted by atomic mass is 16.4. The molecule has 0 unspecified atom stereocenters. The summed E-state index contributed by atoms with van der Waals surface area (Å²) < 4.78 is 0. The minimum Gasteiger partial charge on any atom is -0.477 e. The number of aromatic nitrogens is 1. The van der Waals surface area contributed by atoms with Gasteiger partial charge < -0.3 is 10.4 Å². The molecule has 1 aromatic rings. The number of carboxylic acid groups (broad SMARTS) is 1. The van der Waals surface area contributed by atoms with Crippen LogP contribution in [0.15, 0.2) is 31.0 Å². The van der Waals surface area contributed by atoms with Gasteiger partial charge >= 0.3 is 5.97 Å². The van der Waals surface area contributed by atoms with E-state index in [9.17, 15) is 4.79 Å². The molecule has 0 bridgehead atoms. The molecular weight excluding hydrogens is 180 g/mol. The van der Waals surface area contributed by atoms with E-state index < -0.39 is 5.97 Å². The van der Waals surface area contributed by atoms with Gasteiger partial charge in [-0.3, -0.25) is 0 Å². The van der Waals surface area contributed by atoms with Crippen LogP contribution >= 0.6 is 0 Å². The largest absolute Gasteiger partial charge is 0.477 e. The normalized spacial score (nSPS) is 9.43. The van der Waals surface area contributed by atoms with E-state index in [2.05, 4.69) is 16.9 Å². The van der Waals surface area contributed by atoms with Gasteiger partial charge in [0.2, 0.25) is 0 Å². The number of hydrogen-bond donors (Lipinski definition) is 2. The van der Waals surface area contributed by atoms with Crippen molar-refractivity contribution < 1.29 is 9.90 Å². The molecule has 0 aliphatic heterocycles. The van der Waals surface area contributed by atoms with Crippen LogP contribution in [0.25, 0.3) is 0 Å². The maximum Gasteiger partial charge on any atom is 0.354 e. The molecular formula is C10H12N2O2. The topological polar surface area (TPSA) is 62.2 Å². The number of nitrogens with one attached hydrogen (secondary N) is 1. The predicted octanol–water partition coefficient (Wildman–Crippen LogP) is 1.77. The Balaban J connectivity index is 2.55. The molecule has 0 saturated carbocycles. The average molecular weight is 192 g/mol. The molecule has 1 aromatic heterocycles. The van der Waals surface area contributed by atoms with Gasteiger partial charge in [0.1, 0.15) is 5.69 Å². The maximum absolute atomic E-state index is 10.5. The molecule has 0 aliphatic carbocycles. The second-order valence-electron chi connectivity index (χ2n) is 2.74. The Bertz CT molecular complexity index is 319. The van der Waals surface area contributed by atoms with Gasteiger partial charge in [-0.15, -0.1) is 6.58 Å². The van der Waals surface area contributed by atoms with Crippen molar-refractivity contribution >= 4 is 11.7 Å². The van der Waals surface area contributed by atoms with Crippen LogP contribution in [-0.2, 0) is 0 Å². The van der Waals surface area contributed by atoms with Crippen LogP contribution in [0.1, 0.15) is 16.9 Å². The molecule has 0 aromatic carbocycles. The third kappa shape index (κ3) is 2.90. The van der Waals surface area contributed by atoms with E-state index in [1.165, 1.54) is 12.3 Å².